The van der Waals surface area contributed by atoms with Gasteiger partial charge in [0, 0.05) is 5.19 Å². The van der Waals surface area contributed by atoms with Crippen LogP contribution in [0, 0.1) is 13.8 Å². The predicted molar refractivity (Wildman–Crippen MR) is 63.2 cm³/mol. The molecule has 0 saturated carbocycles. The molecule has 0 aliphatic heterocycles. The van der Waals surface area contributed by atoms with Gasteiger partial charge in [-0.3, -0.25) is 0 Å². The minimum atomic E-state index is -2.39. The van der Waals surface area contributed by atoms with Crippen LogP contribution < -0.4 is 5.19 Å². The Balaban J connectivity index is 2.89. The first-order valence-electron chi connectivity index (χ1n) is 4.85. The molecule has 2 aromatic carbocycles. The minimum absolute atomic E-state index is 0.718. The third-order valence-electron chi connectivity index (χ3n) is 2.79. The molecule has 0 heterocycles. The van der Waals surface area contributed by atoms with Gasteiger partial charge >= 0.3 is 9.28 Å². The Labute approximate surface area is 90.7 Å². The quantitative estimate of drug-likeness (QED) is 0.703. The molecule has 0 atom stereocenters. The molecule has 2 nitrogen and oxygen atoms in total. The van der Waals surface area contributed by atoms with E-state index < -0.39 is 9.28 Å². The van der Waals surface area contributed by atoms with Crippen LogP contribution in [0.1, 0.15) is 11.1 Å². The fourth-order valence-electron chi connectivity index (χ4n) is 1.88. The molecule has 0 aliphatic rings. The summed E-state index contributed by atoms with van der Waals surface area (Å²) in [5, 5.41) is 2.75. The largest absolute Gasteiger partial charge is 0.418 e. The maximum atomic E-state index is 9.48. The molecular formula is C12H13O2Si. The van der Waals surface area contributed by atoms with Crippen LogP contribution in [0.25, 0.3) is 10.8 Å². The minimum Gasteiger partial charge on any atom is -0.406 e. The van der Waals surface area contributed by atoms with E-state index in [1.807, 2.05) is 38.1 Å². The van der Waals surface area contributed by atoms with E-state index >= 15 is 0 Å². The molecule has 0 fully saturated rings. The molecule has 0 saturated heterocycles. The van der Waals surface area contributed by atoms with Crippen LogP contribution in [0.4, 0.5) is 0 Å². The van der Waals surface area contributed by atoms with Crippen LogP contribution in [0.2, 0.25) is 0 Å². The fraction of sp³-hybridized carbons (Fsp3) is 0.167. The number of hydrogen-bond acceptors (Lipinski definition) is 2. The molecule has 2 N–H and O–H groups in total. The third-order valence-corrected chi connectivity index (χ3v) is 3.88. The highest BCUT2D eigenvalue weighted by Gasteiger charge is 2.17. The molecule has 0 spiro atoms. The van der Waals surface area contributed by atoms with E-state index in [2.05, 4.69) is 6.07 Å². The Bertz CT molecular complexity index is 506. The molecule has 0 amide bonds. The first-order valence-corrected chi connectivity index (χ1v) is 6.25. The SMILES string of the molecule is Cc1cc2ccccc2c([Si](O)O)c1C. The summed E-state index contributed by atoms with van der Waals surface area (Å²) in [4.78, 5) is 19.0. The molecule has 0 bridgehead atoms. The third kappa shape index (κ3) is 1.69. The summed E-state index contributed by atoms with van der Waals surface area (Å²) in [6.07, 6.45) is 0. The maximum absolute atomic E-state index is 9.48. The average molecular weight is 217 g/mol. The van der Waals surface area contributed by atoms with Crippen molar-refractivity contribution in [2.75, 3.05) is 0 Å². The van der Waals surface area contributed by atoms with Gasteiger partial charge in [0.1, 0.15) is 0 Å². The standard InChI is InChI=1S/C12H13O2Si/c1-8-7-10-5-3-4-6-11(10)12(9(8)2)15(13)14/h3-7,13-14H,1-2H3. The maximum Gasteiger partial charge on any atom is 0.418 e. The Kier molecular flexibility index (Phi) is 2.60. The van der Waals surface area contributed by atoms with Crippen molar-refractivity contribution >= 4 is 25.2 Å². The molecule has 0 aromatic heterocycles. The molecular weight excluding hydrogens is 204 g/mol. The predicted octanol–water partition coefficient (Wildman–Crippen LogP) is 1.14. The highest BCUT2D eigenvalue weighted by Crippen LogP contribution is 2.17. The van der Waals surface area contributed by atoms with Gasteiger partial charge in [-0.05, 0) is 35.7 Å². The summed E-state index contributed by atoms with van der Waals surface area (Å²) in [5.74, 6) is 0. The fourth-order valence-corrected chi connectivity index (χ4v) is 2.88. The molecule has 77 valence electrons. The summed E-state index contributed by atoms with van der Waals surface area (Å²) in [6, 6.07) is 9.90. The Morgan fingerprint density at radius 2 is 1.73 bits per heavy atom. The molecule has 0 unspecified atom stereocenters. The molecule has 1 radical (unpaired) electrons. The van der Waals surface area contributed by atoms with E-state index in [4.69, 9.17) is 0 Å². The average Bonchev–Trinajstić information content (AvgIpc) is 2.19. The lowest BCUT2D eigenvalue weighted by Gasteiger charge is -2.12. The summed E-state index contributed by atoms with van der Waals surface area (Å²) in [6.45, 7) is 3.93. The lowest BCUT2D eigenvalue weighted by atomic mass is 10.0. The topological polar surface area (TPSA) is 40.5 Å². The van der Waals surface area contributed by atoms with Crippen LogP contribution in [0.15, 0.2) is 30.3 Å². The number of aryl methyl sites for hydroxylation is 1. The van der Waals surface area contributed by atoms with E-state index in [1.165, 1.54) is 0 Å². The van der Waals surface area contributed by atoms with Crippen molar-refractivity contribution in [3.63, 3.8) is 0 Å². The normalized spacial score (nSPS) is 11.3. The van der Waals surface area contributed by atoms with Crippen LogP contribution in [0.3, 0.4) is 0 Å². The van der Waals surface area contributed by atoms with E-state index in [0.29, 0.717) is 0 Å². The second-order valence-corrected chi connectivity index (χ2v) is 4.89. The molecule has 2 rings (SSSR count). The highest BCUT2D eigenvalue weighted by molar-refractivity contribution is 6.62. The van der Waals surface area contributed by atoms with Crippen molar-refractivity contribution < 1.29 is 9.59 Å². The summed E-state index contributed by atoms with van der Waals surface area (Å²) >= 11 is 0. The van der Waals surface area contributed by atoms with Crippen LogP contribution in [0.5, 0.6) is 0 Å². The van der Waals surface area contributed by atoms with Gasteiger partial charge in [0.2, 0.25) is 0 Å². The van der Waals surface area contributed by atoms with Crippen LogP contribution in [-0.2, 0) is 0 Å². The second kappa shape index (κ2) is 3.77. The monoisotopic (exact) mass is 217 g/mol. The first kappa shape index (κ1) is 10.4. The van der Waals surface area contributed by atoms with Gasteiger partial charge < -0.3 is 9.59 Å². The zero-order valence-corrected chi connectivity index (χ0v) is 9.78. The van der Waals surface area contributed by atoms with Gasteiger partial charge in [0.25, 0.3) is 0 Å². The number of benzene rings is 2. The molecule has 15 heavy (non-hydrogen) atoms. The van der Waals surface area contributed by atoms with E-state index in [0.717, 1.165) is 27.1 Å². The smallest absolute Gasteiger partial charge is 0.406 e. The Morgan fingerprint density at radius 3 is 2.40 bits per heavy atom. The van der Waals surface area contributed by atoms with E-state index in [1.54, 1.807) is 0 Å². The molecule has 3 heteroatoms. The van der Waals surface area contributed by atoms with Crippen LogP contribution >= 0.6 is 0 Å². The lowest BCUT2D eigenvalue weighted by Crippen LogP contribution is -2.33. The van der Waals surface area contributed by atoms with E-state index in [-0.39, 0.29) is 0 Å². The van der Waals surface area contributed by atoms with Crippen molar-refractivity contribution in [1.82, 2.24) is 0 Å². The number of hydrogen-bond donors (Lipinski definition) is 2. The second-order valence-electron chi connectivity index (χ2n) is 3.74. The van der Waals surface area contributed by atoms with Gasteiger partial charge in [-0.25, -0.2) is 0 Å². The van der Waals surface area contributed by atoms with Crippen LogP contribution in [-0.4, -0.2) is 18.9 Å². The highest BCUT2D eigenvalue weighted by atomic mass is 28.3. The number of rotatable bonds is 1. The van der Waals surface area contributed by atoms with Crippen molar-refractivity contribution in [2.45, 2.75) is 13.8 Å². The number of fused-ring (bicyclic) bond motifs is 1. The van der Waals surface area contributed by atoms with Gasteiger partial charge in [-0.1, -0.05) is 30.3 Å². The van der Waals surface area contributed by atoms with Crippen molar-refractivity contribution in [1.29, 1.82) is 0 Å². The molecule has 2 aromatic rings. The summed E-state index contributed by atoms with van der Waals surface area (Å²) < 4.78 is 0. The molecule has 0 aliphatic carbocycles. The van der Waals surface area contributed by atoms with Gasteiger partial charge in [0.05, 0.1) is 0 Å². The van der Waals surface area contributed by atoms with E-state index in [9.17, 15) is 9.59 Å². The van der Waals surface area contributed by atoms with Gasteiger partial charge in [0.15, 0.2) is 0 Å². The van der Waals surface area contributed by atoms with Crippen molar-refractivity contribution in [3.8, 4) is 0 Å². The summed E-state index contributed by atoms with van der Waals surface area (Å²) in [5.41, 5.74) is 2.10. The summed E-state index contributed by atoms with van der Waals surface area (Å²) in [7, 11) is -2.39. The Morgan fingerprint density at radius 1 is 1.07 bits per heavy atom. The Hall–Kier alpha value is -1.16. The van der Waals surface area contributed by atoms with Crippen molar-refractivity contribution in [3.05, 3.63) is 41.5 Å². The first-order chi connectivity index (χ1) is 7.11. The van der Waals surface area contributed by atoms with Gasteiger partial charge in [-0.15, -0.1) is 0 Å². The lowest BCUT2D eigenvalue weighted by molar-refractivity contribution is 0.426. The van der Waals surface area contributed by atoms with Gasteiger partial charge in [-0.2, -0.15) is 0 Å². The zero-order chi connectivity index (χ0) is 11.0. The van der Waals surface area contributed by atoms with Crippen molar-refractivity contribution in [2.24, 2.45) is 0 Å². The zero-order valence-electron chi connectivity index (χ0n) is 8.78.